The quantitative estimate of drug-likeness (QED) is 0.758. The molecule has 0 radical (unpaired) electrons. The van der Waals surface area contributed by atoms with Gasteiger partial charge < -0.3 is 10.6 Å². The lowest BCUT2D eigenvalue weighted by atomic mass is 10.0. The van der Waals surface area contributed by atoms with E-state index in [9.17, 15) is 4.79 Å². The van der Waals surface area contributed by atoms with E-state index in [2.05, 4.69) is 33.6 Å². The molecule has 0 saturated heterocycles. The van der Waals surface area contributed by atoms with E-state index in [4.69, 9.17) is 0 Å². The monoisotopic (exact) mass is 320 g/mol. The normalized spacial score (nSPS) is 10.6. The van der Waals surface area contributed by atoms with Crippen LogP contribution in [0.5, 0.6) is 0 Å². The summed E-state index contributed by atoms with van der Waals surface area (Å²) in [7, 11) is 0. The highest BCUT2D eigenvalue weighted by molar-refractivity contribution is 5.93. The van der Waals surface area contributed by atoms with Gasteiger partial charge in [0.1, 0.15) is 0 Å². The topological polar surface area (TPSA) is 66.9 Å². The van der Waals surface area contributed by atoms with Gasteiger partial charge in [-0.15, -0.1) is 0 Å². The van der Waals surface area contributed by atoms with E-state index in [1.54, 1.807) is 0 Å². The van der Waals surface area contributed by atoms with Crippen LogP contribution < -0.4 is 10.6 Å². The van der Waals surface area contributed by atoms with Crippen LogP contribution in [0.4, 0.5) is 5.95 Å². The molecule has 3 rings (SSSR count). The highest BCUT2D eigenvalue weighted by Crippen LogP contribution is 2.27. The number of rotatable bonds is 5. The second-order valence-corrected chi connectivity index (χ2v) is 5.59. The third-order valence-electron chi connectivity index (χ3n) is 3.68. The molecule has 5 nitrogen and oxygen atoms in total. The van der Waals surface area contributed by atoms with Gasteiger partial charge in [-0.25, -0.2) is 9.97 Å². The minimum atomic E-state index is -0.0774. The van der Waals surface area contributed by atoms with Crippen molar-refractivity contribution in [3.05, 3.63) is 54.1 Å². The Morgan fingerprint density at radius 1 is 1.08 bits per heavy atom. The van der Waals surface area contributed by atoms with Crippen molar-refractivity contribution in [3.63, 3.8) is 0 Å². The second-order valence-electron chi connectivity index (χ2n) is 5.59. The Hall–Kier alpha value is -2.95. The molecule has 24 heavy (non-hydrogen) atoms. The van der Waals surface area contributed by atoms with Crippen LogP contribution in [-0.4, -0.2) is 29.0 Å². The molecule has 2 N–H and O–H groups in total. The van der Waals surface area contributed by atoms with Gasteiger partial charge in [0, 0.05) is 17.5 Å². The molecule has 0 saturated carbocycles. The Balaban J connectivity index is 2.03. The fourth-order valence-electron chi connectivity index (χ4n) is 2.56. The first-order chi connectivity index (χ1) is 11.7. The maximum atomic E-state index is 11.7. The van der Waals surface area contributed by atoms with Gasteiger partial charge in [0.25, 0.3) is 0 Å². The zero-order valence-electron chi connectivity index (χ0n) is 13.8. The molecule has 2 aromatic carbocycles. The zero-order chi connectivity index (χ0) is 16.9. The number of carbonyl (C=O) groups excluding carboxylic acids is 1. The van der Waals surface area contributed by atoms with Crippen molar-refractivity contribution in [1.82, 2.24) is 15.3 Å². The smallest absolute Gasteiger partial charge is 0.239 e. The van der Waals surface area contributed by atoms with Gasteiger partial charge in [0.05, 0.1) is 17.8 Å². The molecule has 5 heteroatoms. The van der Waals surface area contributed by atoms with Gasteiger partial charge in [-0.2, -0.15) is 0 Å². The third-order valence-corrected chi connectivity index (χ3v) is 3.68. The molecule has 0 aliphatic rings. The van der Waals surface area contributed by atoms with Crippen molar-refractivity contribution < 1.29 is 4.79 Å². The number of nitrogens with zero attached hydrogens (tertiary/aromatic N) is 2. The number of aromatic nitrogens is 2. The van der Waals surface area contributed by atoms with Crippen molar-refractivity contribution >= 4 is 22.8 Å². The summed E-state index contributed by atoms with van der Waals surface area (Å²) in [5.74, 6) is 0.378. The third kappa shape index (κ3) is 3.51. The largest absolute Gasteiger partial charge is 0.355 e. The Kier molecular flexibility index (Phi) is 4.70. The van der Waals surface area contributed by atoms with Crippen LogP contribution >= 0.6 is 0 Å². The number of anilines is 1. The van der Waals surface area contributed by atoms with Crippen molar-refractivity contribution in [3.8, 4) is 11.3 Å². The predicted molar refractivity (Wildman–Crippen MR) is 96.9 cm³/mol. The van der Waals surface area contributed by atoms with Crippen LogP contribution in [0.15, 0.2) is 48.5 Å². The van der Waals surface area contributed by atoms with E-state index in [1.165, 1.54) is 0 Å². The molecular formula is C19H20N4O. The molecule has 0 spiro atoms. The van der Waals surface area contributed by atoms with Gasteiger partial charge in [0.2, 0.25) is 11.9 Å². The summed E-state index contributed by atoms with van der Waals surface area (Å²) in [5, 5.41) is 6.77. The summed E-state index contributed by atoms with van der Waals surface area (Å²) in [4.78, 5) is 20.8. The predicted octanol–water partition coefficient (Wildman–Crippen LogP) is 3.15. The van der Waals surface area contributed by atoms with Crippen LogP contribution in [0.25, 0.3) is 22.2 Å². The first-order valence-electron chi connectivity index (χ1n) is 8.02. The molecule has 0 unspecified atom stereocenters. The number of likely N-dealkylation sites (N-methyl/N-ethyl adjacent to an activating group) is 1. The molecule has 0 atom stereocenters. The van der Waals surface area contributed by atoms with E-state index < -0.39 is 0 Å². The Morgan fingerprint density at radius 2 is 1.88 bits per heavy atom. The fraction of sp³-hybridized carbons (Fsp3) is 0.211. The van der Waals surface area contributed by atoms with Crippen LogP contribution in [0.1, 0.15) is 12.5 Å². The number of hydrogen-bond acceptors (Lipinski definition) is 4. The summed E-state index contributed by atoms with van der Waals surface area (Å²) in [6, 6.07) is 16.1. The van der Waals surface area contributed by atoms with Gasteiger partial charge >= 0.3 is 0 Å². The van der Waals surface area contributed by atoms with Gasteiger partial charge in [-0.3, -0.25) is 4.79 Å². The number of carbonyl (C=O) groups is 1. The van der Waals surface area contributed by atoms with E-state index in [-0.39, 0.29) is 12.5 Å². The number of fused-ring (bicyclic) bond motifs is 1. The number of hydrogen-bond donors (Lipinski definition) is 2. The molecule has 1 heterocycles. The molecule has 0 fully saturated rings. The minimum Gasteiger partial charge on any atom is -0.355 e. The number of nitrogens with one attached hydrogen (secondary N) is 2. The first kappa shape index (κ1) is 15.9. The summed E-state index contributed by atoms with van der Waals surface area (Å²) < 4.78 is 0. The highest BCUT2D eigenvalue weighted by atomic mass is 16.1. The number of benzene rings is 2. The van der Waals surface area contributed by atoms with Crippen molar-refractivity contribution in [2.75, 3.05) is 18.4 Å². The van der Waals surface area contributed by atoms with E-state index in [0.29, 0.717) is 12.5 Å². The van der Waals surface area contributed by atoms with E-state index in [0.717, 1.165) is 27.7 Å². The van der Waals surface area contributed by atoms with Crippen molar-refractivity contribution in [2.45, 2.75) is 13.8 Å². The number of amides is 1. The standard InChI is InChI=1S/C19H20N4O/c1-3-20-17(24)12-21-19-22-16-10-9-13(2)11-15(16)18(23-19)14-7-5-4-6-8-14/h4-11H,3,12H2,1-2H3,(H,20,24)(H,21,22,23). The lowest BCUT2D eigenvalue weighted by Crippen LogP contribution is -2.29. The molecule has 0 aliphatic carbocycles. The van der Waals surface area contributed by atoms with Gasteiger partial charge in [0.15, 0.2) is 0 Å². The molecule has 0 aliphatic heterocycles. The first-order valence-corrected chi connectivity index (χ1v) is 8.02. The second kappa shape index (κ2) is 7.08. The minimum absolute atomic E-state index is 0.0774. The maximum Gasteiger partial charge on any atom is 0.239 e. The zero-order valence-corrected chi connectivity index (χ0v) is 13.8. The lowest BCUT2D eigenvalue weighted by Gasteiger charge is -2.11. The van der Waals surface area contributed by atoms with E-state index >= 15 is 0 Å². The summed E-state index contributed by atoms with van der Waals surface area (Å²) in [6.07, 6.45) is 0. The van der Waals surface area contributed by atoms with Gasteiger partial charge in [-0.05, 0) is 26.0 Å². The van der Waals surface area contributed by atoms with Gasteiger partial charge in [-0.1, -0.05) is 42.0 Å². The SMILES string of the molecule is CCNC(=O)CNc1nc(-c2ccccc2)c2cc(C)ccc2n1. The maximum absolute atomic E-state index is 11.7. The molecule has 0 bridgehead atoms. The van der Waals surface area contributed by atoms with Crippen LogP contribution in [-0.2, 0) is 4.79 Å². The van der Waals surface area contributed by atoms with Crippen molar-refractivity contribution in [2.24, 2.45) is 0 Å². The summed E-state index contributed by atoms with van der Waals surface area (Å²) in [6.45, 7) is 4.70. The lowest BCUT2D eigenvalue weighted by molar-refractivity contribution is -0.119. The molecule has 3 aromatic rings. The average Bonchev–Trinajstić information content (AvgIpc) is 2.60. The summed E-state index contributed by atoms with van der Waals surface area (Å²) in [5.41, 5.74) is 3.90. The Labute approximate surface area is 141 Å². The average molecular weight is 320 g/mol. The van der Waals surface area contributed by atoms with Crippen molar-refractivity contribution in [1.29, 1.82) is 0 Å². The van der Waals surface area contributed by atoms with E-state index in [1.807, 2.05) is 49.4 Å². The van der Waals surface area contributed by atoms with Crippen LogP contribution in [0, 0.1) is 6.92 Å². The Morgan fingerprint density at radius 3 is 2.62 bits per heavy atom. The summed E-state index contributed by atoms with van der Waals surface area (Å²) >= 11 is 0. The molecular weight excluding hydrogens is 300 g/mol. The van der Waals surface area contributed by atoms with Crippen LogP contribution in [0.3, 0.4) is 0 Å². The highest BCUT2D eigenvalue weighted by Gasteiger charge is 2.10. The molecule has 1 aromatic heterocycles. The van der Waals surface area contributed by atoms with Crippen LogP contribution in [0.2, 0.25) is 0 Å². The molecule has 1 amide bonds. The fourth-order valence-corrected chi connectivity index (χ4v) is 2.56. The Bertz CT molecular complexity index is 862. The molecule has 122 valence electrons. The number of aryl methyl sites for hydroxylation is 1.